The molecule has 0 saturated heterocycles. The molecule has 1 N–H and O–H groups in total. The van der Waals surface area contributed by atoms with E-state index in [0.717, 1.165) is 6.42 Å². The van der Waals surface area contributed by atoms with Crippen molar-refractivity contribution in [3.05, 3.63) is 28.1 Å². The van der Waals surface area contributed by atoms with E-state index in [2.05, 4.69) is 10.3 Å². The Hall–Kier alpha value is -1.86. The fourth-order valence-corrected chi connectivity index (χ4v) is 1.77. The predicted molar refractivity (Wildman–Crippen MR) is 61.7 cm³/mol. The molecule has 0 aromatic carbocycles. The maximum atomic E-state index is 12.5. The molecule has 1 aliphatic carbocycles. The van der Waals surface area contributed by atoms with Gasteiger partial charge in [0.25, 0.3) is 0 Å². The molecule has 0 aliphatic heterocycles. The Morgan fingerprint density at radius 2 is 2.11 bits per heavy atom. The van der Waals surface area contributed by atoms with Crippen LogP contribution in [0.3, 0.4) is 0 Å². The van der Waals surface area contributed by atoms with E-state index in [1.807, 2.05) is 13.8 Å². The molecule has 19 heavy (non-hydrogen) atoms. The van der Waals surface area contributed by atoms with Gasteiger partial charge in [-0.2, -0.15) is 13.2 Å². The third-order valence-electron chi connectivity index (χ3n) is 3.21. The second-order valence-corrected chi connectivity index (χ2v) is 5.23. The topological polar surface area (TPSA) is 68.1 Å². The first kappa shape index (κ1) is 13.6. The molecule has 1 aliphatic rings. The van der Waals surface area contributed by atoms with Crippen LogP contribution < -0.4 is 5.32 Å². The van der Waals surface area contributed by atoms with Crippen LogP contribution in [0, 0.1) is 15.5 Å². The number of nitro groups is 1. The van der Waals surface area contributed by atoms with E-state index >= 15 is 0 Å². The lowest BCUT2D eigenvalue weighted by molar-refractivity contribution is -0.384. The predicted octanol–water partition coefficient (Wildman–Crippen LogP) is 3.22. The molecule has 8 heteroatoms. The Kier molecular flexibility index (Phi) is 2.91. The van der Waals surface area contributed by atoms with E-state index in [0.29, 0.717) is 12.3 Å². The molecule has 0 spiro atoms. The first-order chi connectivity index (χ1) is 8.61. The summed E-state index contributed by atoms with van der Waals surface area (Å²) < 4.78 is 37.6. The monoisotopic (exact) mass is 275 g/mol. The Morgan fingerprint density at radius 3 is 2.53 bits per heavy atom. The number of aromatic nitrogens is 1. The van der Waals surface area contributed by atoms with Crippen LogP contribution >= 0.6 is 0 Å². The van der Waals surface area contributed by atoms with Gasteiger partial charge in [-0.05, 0) is 17.9 Å². The van der Waals surface area contributed by atoms with Gasteiger partial charge in [0.15, 0.2) is 0 Å². The van der Waals surface area contributed by atoms with E-state index < -0.39 is 22.5 Å². The van der Waals surface area contributed by atoms with E-state index in [1.54, 1.807) is 0 Å². The van der Waals surface area contributed by atoms with Gasteiger partial charge in [0.1, 0.15) is 17.6 Å². The number of nitrogens with one attached hydrogen (secondary N) is 1. The molecule has 1 heterocycles. The summed E-state index contributed by atoms with van der Waals surface area (Å²) in [5.74, 6) is 0. The van der Waals surface area contributed by atoms with Crippen molar-refractivity contribution in [1.29, 1.82) is 0 Å². The lowest BCUT2D eigenvalue weighted by atomic mass is 10.2. The van der Waals surface area contributed by atoms with Gasteiger partial charge in [-0.3, -0.25) is 10.1 Å². The minimum Gasteiger partial charge on any atom is -0.376 e. The quantitative estimate of drug-likeness (QED) is 0.679. The number of pyridine rings is 1. The molecule has 1 saturated carbocycles. The highest BCUT2D eigenvalue weighted by molar-refractivity contribution is 5.62. The second-order valence-electron chi connectivity index (χ2n) is 5.23. The highest BCUT2D eigenvalue weighted by Crippen LogP contribution is 2.47. The Bertz CT molecular complexity index is 528. The minimum absolute atomic E-state index is 0.0600. The normalized spacial score (nSPS) is 21.0. The van der Waals surface area contributed by atoms with E-state index in [1.165, 1.54) is 0 Å². The zero-order valence-electron chi connectivity index (χ0n) is 10.3. The van der Waals surface area contributed by atoms with Crippen molar-refractivity contribution in [3.63, 3.8) is 0 Å². The Labute approximate surface area is 107 Å². The standard InChI is InChI=1S/C11H12F3N3O2/c1-10(2)4-9(10)16-6-3-8(11(12,13)14)15-5-7(6)17(18)19/h3,5,9H,4H2,1-2H3,(H,15,16). The third-order valence-corrected chi connectivity index (χ3v) is 3.21. The summed E-state index contributed by atoms with van der Waals surface area (Å²) in [7, 11) is 0. The van der Waals surface area contributed by atoms with Crippen molar-refractivity contribution < 1.29 is 18.1 Å². The maximum Gasteiger partial charge on any atom is 0.433 e. The van der Waals surface area contributed by atoms with Gasteiger partial charge in [0, 0.05) is 6.04 Å². The van der Waals surface area contributed by atoms with Gasteiger partial charge in [0.2, 0.25) is 0 Å². The molecule has 0 bridgehead atoms. The summed E-state index contributed by atoms with van der Waals surface area (Å²) in [6, 6.07) is 0.627. The smallest absolute Gasteiger partial charge is 0.376 e. The van der Waals surface area contributed by atoms with Crippen molar-refractivity contribution >= 4 is 11.4 Å². The second kappa shape index (κ2) is 4.07. The van der Waals surface area contributed by atoms with Crippen molar-refractivity contribution in [2.75, 3.05) is 5.32 Å². The highest BCUT2D eigenvalue weighted by atomic mass is 19.4. The minimum atomic E-state index is -4.62. The van der Waals surface area contributed by atoms with Gasteiger partial charge in [-0.25, -0.2) is 4.98 Å². The number of rotatable bonds is 3. The summed E-state index contributed by atoms with van der Waals surface area (Å²) in [5.41, 5.74) is -1.78. The zero-order valence-corrected chi connectivity index (χ0v) is 10.3. The summed E-state index contributed by atoms with van der Waals surface area (Å²) >= 11 is 0. The number of anilines is 1. The molecule has 1 aromatic heterocycles. The number of hydrogen-bond acceptors (Lipinski definition) is 4. The molecule has 1 fully saturated rings. The van der Waals surface area contributed by atoms with Crippen LogP contribution in [0.2, 0.25) is 0 Å². The molecule has 1 aromatic rings. The van der Waals surface area contributed by atoms with Gasteiger partial charge >= 0.3 is 11.9 Å². The van der Waals surface area contributed by atoms with Crippen LogP contribution in [-0.2, 0) is 6.18 Å². The van der Waals surface area contributed by atoms with Crippen LogP contribution in [0.5, 0.6) is 0 Å². The summed E-state index contributed by atoms with van der Waals surface area (Å²) in [6.45, 7) is 3.87. The lowest BCUT2D eigenvalue weighted by Crippen LogP contribution is -2.13. The van der Waals surface area contributed by atoms with E-state index in [4.69, 9.17) is 0 Å². The lowest BCUT2D eigenvalue weighted by Gasteiger charge is -2.11. The molecule has 1 atom stereocenters. The van der Waals surface area contributed by atoms with Gasteiger partial charge in [-0.1, -0.05) is 13.8 Å². The van der Waals surface area contributed by atoms with Crippen LogP contribution in [-0.4, -0.2) is 15.9 Å². The third kappa shape index (κ3) is 2.77. The summed E-state index contributed by atoms with van der Waals surface area (Å²) in [6.07, 6.45) is -3.22. The van der Waals surface area contributed by atoms with Crippen molar-refractivity contribution in [3.8, 4) is 0 Å². The SMILES string of the molecule is CC1(C)CC1Nc1cc(C(F)(F)F)ncc1[N+](=O)[O-]. The molecular formula is C11H12F3N3O2. The fraction of sp³-hybridized carbons (Fsp3) is 0.545. The molecule has 2 rings (SSSR count). The molecule has 0 radical (unpaired) electrons. The maximum absolute atomic E-state index is 12.5. The fourth-order valence-electron chi connectivity index (χ4n) is 1.77. The van der Waals surface area contributed by atoms with E-state index in [9.17, 15) is 23.3 Å². The molecule has 5 nitrogen and oxygen atoms in total. The molecule has 0 amide bonds. The average Bonchev–Trinajstić information content (AvgIpc) is 2.84. The van der Waals surface area contributed by atoms with Crippen molar-refractivity contribution in [2.45, 2.75) is 32.5 Å². The Balaban J connectivity index is 2.34. The zero-order chi connectivity index (χ0) is 14.4. The van der Waals surface area contributed by atoms with Gasteiger partial charge in [0.05, 0.1) is 4.92 Å². The van der Waals surface area contributed by atoms with Crippen LogP contribution in [0.4, 0.5) is 24.5 Å². The van der Waals surface area contributed by atoms with Crippen LogP contribution in [0.15, 0.2) is 12.3 Å². The molecule has 1 unspecified atom stereocenters. The van der Waals surface area contributed by atoms with Gasteiger partial charge in [-0.15, -0.1) is 0 Å². The first-order valence-electron chi connectivity index (χ1n) is 5.59. The number of nitrogens with zero attached hydrogens (tertiary/aromatic N) is 2. The largest absolute Gasteiger partial charge is 0.433 e. The average molecular weight is 275 g/mol. The van der Waals surface area contributed by atoms with Crippen molar-refractivity contribution in [1.82, 2.24) is 4.98 Å². The van der Waals surface area contributed by atoms with Gasteiger partial charge < -0.3 is 5.32 Å². The van der Waals surface area contributed by atoms with Crippen LogP contribution in [0.25, 0.3) is 0 Å². The number of halogens is 3. The van der Waals surface area contributed by atoms with Crippen molar-refractivity contribution in [2.24, 2.45) is 5.41 Å². The highest BCUT2D eigenvalue weighted by Gasteiger charge is 2.46. The van der Waals surface area contributed by atoms with E-state index in [-0.39, 0.29) is 17.1 Å². The molecular weight excluding hydrogens is 263 g/mol. The van der Waals surface area contributed by atoms with Crippen LogP contribution in [0.1, 0.15) is 26.0 Å². The first-order valence-corrected chi connectivity index (χ1v) is 5.59. The Morgan fingerprint density at radius 1 is 1.53 bits per heavy atom. The molecule has 104 valence electrons. The number of hydrogen-bond donors (Lipinski definition) is 1. The summed E-state index contributed by atoms with van der Waals surface area (Å²) in [4.78, 5) is 13.1. The summed E-state index contributed by atoms with van der Waals surface area (Å²) in [5, 5.41) is 13.6. The number of alkyl halides is 3.